The van der Waals surface area contributed by atoms with Crippen LogP contribution in [-0.4, -0.2) is 6.04 Å². The van der Waals surface area contributed by atoms with Crippen LogP contribution in [0.5, 0.6) is 0 Å². The molecule has 2 nitrogen and oxygen atoms in total. The number of hydrogen-bond acceptors (Lipinski definition) is 2. The van der Waals surface area contributed by atoms with Crippen LogP contribution in [-0.2, 0) is 12.8 Å². The summed E-state index contributed by atoms with van der Waals surface area (Å²) in [6, 6.07) is 5.13. The van der Waals surface area contributed by atoms with Gasteiger partial charge in [0.1, 0.15) is 0 Å². The number of hydrogen-bond donors (Lipinski definition) is 2. The minimum absolute atomic E-state index is 0.674. The first-order chi connectivity index (χ1) is 8.24. The molecule has 2 heteroatoms. The van der Waals surface area contributed by atoms with E-state index in [9.17, 15) is 0 Å². The molecule has 0 atom stereocenters. The van der Waals surface area contributed by atoms with E-state index in [0.717, 1.165) is 18.5 Å². The zero-order chi connectivity index (χ0) is 12.3. The average Bonchev–Trinajstić information content (AvgIpc) is 2.84. The van der Waals surface area contributed by atoms with Gasteiger partial charge in [0, 0.05) is 17.4 Å². The molecule has 0 amide bonds. The van der Waals surface area contributed by atoms with Gasteiger partial charge in [0.15, 0.2) is 0 Å². The lowest BCUT2D eigenvalue weighted by molar-refractivity contribution is 0.755. The number of rotatable bonds is 4. The summed E-state index contributed by atoms with van der Waals surface area (Å²) in [7, 11) is 0. The topological polar surface area (TPSA) is 38.0 Å². The third-order valence-corrected chi connectivity index (χ3v) is 3.84. The molecule has 1 aromatic rings. The Morgan fingerprint density at radius 2 is 1.65 bits per heavy atom. The minimum Gasteiger partial charge on any atom is -0.398 e. The zero-order valence-corrected chi connectivity index (χ0v) is 11.1. The van der Waals surface area contributed by atoms with Crippen LogP contribution >= 0.6 is 0 Å². The molecule has 1 aliphatic rings. The second-order valence-electron chi connectivity index (χ2n) is 5.04. The fourth-order valence-electron chi connectivity index (χ4n) is 2.75. The predicted molar refractivity (Wildman–Crippen MR) is 75.5 cm³/mol. The van der Waals surface area contributed by atoms with Gasteiger partial charge in [-0.15, -0.1) is 0 Å². The smallest absolute Gasteiger partial charge is 0.0380 e. The second-order valence-corrected chi connectivity index (χ2v) is 5.04. The Balaban J connectivity index is 2.21. The van der Waals surface area contributed by atoms with Crippen LogP contribution in [0.2, 0.25) is 0 Å². The Morgan fingerprint density at radius 1 is 1.12 bits per heavy atom. The van der Waals surface area contributed by atoms with Gasteiger partial charge in [0.25, 0.3) is 0 Å². The number of aryl methyl sites for hydroxylation is 2. The van der Waals surface area contributed by atoms with Crippen LogP contribution in [0.4, 0.5) is 11.4 Å². The number of nitrogens with two attached hydrogens (primary N) is 1. The fraction of sp³-hybridized carbons (Fsp3) is 0.600. The monoisotopic (exact) mass is 232 g/mol. The van der Waals surface area contributed by atoms with E-state index in [2.05, 4.69) is 31.3 Å². The van der Waals surface area contributed by atoms with E-state index in [1.54, 1.807) is 0 Å². The van der Waals surface area contributed by atoms with Crippen molar-refractivity contribution >= 4 is 11.4 Å². The molecule has 1 saturated carbocycles. The lowest BCUT2D eigenvalue weighted by atomic mass is 10.0. The van der Waals surface area contributed by atoms with Gasteiger partial charge in [0.2, 0.25) is 0 Å². The van der Waals surface area contributed by atoms with Crippen molar-refractivity contribution < 1.29 is 0 Å². The van der Waals surface area contributed by atoms with Crippen molar-refractivity contribution in [2.45, 2.75) is 58.4 Å². The van der Waals surface area contributed by atoms with E-state index in [1.807, 2.05) is 0 Å². The van der Waals surface area contributed by atoms with Crippen molar-refractivity contribution in [2.24, 2.45) is 0 Å². The van der Waals surface area contributed by atoms with Crippen molar-refractivity contribution in [2.75, 3.05) is 11.1 Å². The van der Waals surface area contributed by atoms with Crippen LogP contribution in [0.3, 0.4) is 0 Å². The van der Waals surface area contributed by atoms with Gasteiger partial charge in [-0.05, 0) is 48.9 Å². The molecule has 0 aromatic heterocycles. The van der Waals surface area contributed by atoms with E-state index in [-0.39, 0.29) is 0 Å². The first-order valence-corrected chi connectivity index (χ1v) is 6.92. The number of benzene rings is 1. The third kappa shape index (κ3) is 2.74. The quantitative estimate of drug-likeness (QED) is 0.776. The third-order valence-electron chi connectivity index (χ3n) is 3.84. The fourth-order valence-corrected chi connectivity index (χ4v) is 2.75. The van der Waals surface area contributed by atoms with Gasteiger partial charge >= 0.3 is 0 Å². The maximum atomic E-state index is 6.15. The number of anilines is 2. The van der Waals surface area contributed by atoms with E-state index in [1.165, 1.54) is 42.5 Å². The Kier molecular flexibility index (Phi) is 3.93. The summed E-state index contributed by atoms with van der Waals surface area (Å²) in [5.41, 5.74) is 11.0. The molecular weight excluding hydrogens is 208 g/mol. The lowest BCUT2D eigenvalue weighted by Crippen LogP contribution is -2.15. The molecule has 0 unspecified atom stereocenters. The van der Waals surface area contributed by atoms with Crippen LogP contribution < -0.4 is 11.1 Å². The van der Waals surface area contributed by atoms with Crippen molar-refractivity contribution in [3.63, 3.8) is 0 Å². The first-order valence-electron chi connectivity index (χ1n) is 6.92. The van der Waals surface area contributed by atoms with Gasteiger partial charge < -0.3 is 11.1 Å². The highest BCUT2D eigenvalue weighted by molar-refractivity contribution is 5.63. The molecule has 1 aromatic carbocycles. The van der Waals surface area contributed by atoms with Gasteiger partial charge in [-0.2, -0.15) is 0 Å². The molecule has 0 saturated heterocycles. The van der Waals surface area contributed by atoms with E-state index in [0.29, 0.717) is 6.04 Å². The summed E-state index contributed by atoms with van der Waals surface area (Å²) in [4.78, 5) is 0. The summed E-state index contributed by atoms with van der Waals surface area (Å²) in [5, 5.41) is 3.66. The maximum absolute atomic E-state index is 6.15. The standard InChI is InChI=1S/C15H24N2/c1-3-11-9-14(10-12(4-2)15(11)16)17-13-7-5-6-8-13/h9-10,13,17H,3-8,16H2,1-2H3. The summed E-state index contributed by atoms with van der Waals surface area (Å²) in [5.74, 6) is 0. The van der Waals surface area contributed by atoms with Crippen LogP contribution in [0.15, 0.2) is 12.1 Å². The zero-order valence-electron chi connectivity index (χ0n) is 11.1. The molecule has 17 heavy (non-hydrogen) atoms. The molecule has 1 fully saturated rings. The van der Waals surface area contributed by atoms with Gasteiger partial charge in [-0.3, -0.25) is 0 Å². The van der Waals surface area contributed by atoms with Crippen LogP contribution in [0.25, 0.3) is 0 Å². The molecule has 0 bridgehead atoms. The van der Waals surface area contributed by atoms with Crippen molar-refractivity contribution in [3.8, 4) is 0 Å². The molecule has 0 spiro atoms. The summed E-state index contributed by atoms with van der Waals surface area (Å²) >= 11 is 0. The highest BCUT2D eigenvalue weighted by Crippen LogP contribution is 2.27. The highest BCUT2D eigenvalue weighted by Gasteiger charge is 2.15. The van der Waals surface area contributed by atoms with E-state index >= 15 is 0 Å². The van der Waals surface area contributed by atoms with E-state index in [4.69, 9.17) is 5.73 Å². The highest BCUT2D eigenvalue weighted by atomic mass is 14.9. The molecule has 0 radical (unpaired) electrons. The SMILES string of the molecule is CCc1cc(NC2CCCC2)cc(CC)c1N. The minimum atomic E-state index is 0.674. The molecule has 94 valence electrons. The van der Waals surface area contributed by atoms with Crippen molar-refractivity contribution in [3.05, 3.63) is 23.3 Å². The second kappa shape index (κ2) is 5.44. The average molecular weight is 232 g/mol. The molecule has 3 N–H and O–H groups in total. The van der Waals surface area contributed by atoms with Gasteiger partial charge in [0.05, 0.1) is 0 Å². The summed E-state index contributed by atoms with van der Waals surface area (Å²) in [6.45, 7) is 4.34. The predicted octanol–water partition coefficient (Wildman–Crippen LogP) is 3.75. The Morgan fingerprint density at radius 3 is 2.12 bits per heavy atom. The summed E-state index contributed by atoms with van der Waals surface area (Å²) in [6.07, 6.45) is 7.39. The molecule has 1 aliphatic carbocycles. The Labute approximate surface area is 105 Å². The van der Waals surface area contributed by atoms with Gasteiger partial charge in [-0.25, -0.2) is 0 Å². The normalized spacial score (nSPS) is 16.4. The number of nitrogens with one attached hydrogen (secondary N) is 1. The summed E-state index contributed by atoms with van der Waals surface area (Å²) < 4.78 is 0. The molecule has 0 heterocycles. The Bertz CT molecular complexity index is 354. The first kappa shape index (κ1) is 12.3. The molecule has 0 aliphatic heterocycles. The maximum Gasteiger partial charge on any atom is 0.0380 e. The van der Waals surface area contributed by atoms with Crippen LogP contribution in [0, 0.1) is 0 Å². The van der Waals surface area contributed by atoms with Crippen molar-refractivity contribution in [1.29, 1.82) is 0 Å². The lowest BCUT2D eigenvalue weighted by Gasteiger charge is -2.17. The van der Waals surface area contributed by atoms with E-state index < -0.39 is 0 Å². The largest absolute Gasteiger partial charge is 0.398 e. The Hall–Kier alpha value is -1.18. The molecular formula is C15H24N2. The number of nitrogen functional groups attached to an aromatic ring is 1. The van der Waals surface area contributed by atoms with Crippen molar-refractivity contribution in [1.82, 2.24) is 0 Å². The van der Waals surface area contributed by atoms with Crippen LogP contribution in [0.1, 0.15) is 50.7 Å². The molecule has 2 rings (SSSR count). The van der Waals surface area contributed by atoms with Gasteiger partial charge in [-0.1, -0.05) is 26.7 Å².